The zero-order chi connectivity index (χ0) is 10.4. The summed E-state index contributed by atoms with van der Waals surface area (Å²) in [6.07, 6.45) is 2.69. The third kappa shape index (κ3) is 4.60. The summed E-state index contributed by atoms with van der Waals surface area (Å²) in [6, 6.07) is 6.45. The summed E-state index contributed by atoms with van der Waals surface area (Å²) in [7, 11) is 0. The van der Waals surface area contributed by atoms with Gasteiger partial charge in [0.1, 0.15) is 5.82 Å². The maximum atomic E-state index is 13.2. The second kappa shape index (κ2) is 7.63. The number of halogens is 2. The minimum Gasteiger partial charge on any atom is -0.330 e. The summed E-state index contributed by atoms with van der Waals surface area (Å²) in [5, 5.41) is 0. The first kappa shape index (κ1) is 14.4. The normalized spacial score (nSPS) is 11.9. The molecule has 0 radical (unpaired) electrons. The van der Waals surface area contributed by atoms with Gasteiger partial charge in [0.05, 0.1) is 0 Å². The van der Waals surface area contributed by atoms with Crippen LogP contribution >= 0.6 is 12.4 Å². The molecule has 1 aromatic carbocycles. The number of nitrogens with two attached hydrogens (primary N) is 2. The smallest absolute Gasteiger partial charge is 0.127 e. The summed E-state index contributed by atoms with van der Waals surface area (Å²) >= 11 is 0. The molecular formula is C11H18ClFN2. The van der Waals surface area contributed by atoms with E-state index in [1.54, 1.807) is 18.2 Å². The molecule has 0 aliphatic rings. The van der Waals surface area contributed by atoms with Gasteiger partial charge in [0.25, 0.3) is 0 Å². The van der Waals surface area contributed by atoms with E-state index < -0.39 is 0 Å². The first-order valence-corrected chi connectivity index (χ1v) is 4.95. The van der Waals surface area contributed by atoms with Crippen LogP contribution < -0.4 is 11.5 Å². The number of hydrogen-bond acceptors (Lipinski definition) is 2. The van der Waals surface area contributed by atoms with Crippen molar-refractivity contribution in [3.8, 4) is 0 Å². The quantitative estimate of drug-likeness (QED) is 0.766. The largest absolute Gasteiger partial charge is 0.330 e. The maximum Gasteiger partial charge on any atom is 0.127 e. The van der Waals surface area contributed by atoms with Gasteiger partial charge >= 0.3 is 0 Å². The minimum atomic E-state index is -0.215. The Bertz CT molecular complexity index is 281. The van der Waals surface area contributed by atoms with E-state index in [9.17, 15) is 4.39 Å². The maximum absolute atomic E-state index is 13.2. The van der Waals surface area contributed by atoms with Crippen molar-refractivity contribution in [2.75, 3.05) is 6.54 Å². The lowest BCUT2D eigenvalue weighted by atomic mass is 10.0. The van der Waals surface area contributed by atoms with Crippen LogP contribution in [-0.4, -0.2) is 6.54 Å². The molecular weight excluding hydrogens is 215 g/mol. The molecule has 0 aliphatic heterocycles. The van der Waals surface area contributed by atoms with E-state index in [-0.39, 0.29) is 24.3 Å². The van der Waals surface area contributed by atoms with Crippen LogP contribution in [-0.2, 0) is 0 Å². The minimum absolute atomic E-state index is 0. The number of unbranched alkanes of at least 4 members (excludes halogenated alkanes) is 1. The van der Waals surface area contributed by atoms with Crippen LogP contribution in [0.25, 0.3) is 0 Å². The van der Waals surface area contributed by atoms with Crippen molar-refractivity contribution in [1.82, 2.24) is 0 Å². The molecule has 0 aliphatic carbocycles. The van der Waals surface area contributed by atoms with Crippen LogP contribution in [0.4, 0.5) is 4.39 Å². The second-order valence-electron chi connectivity index (χ2n) is 3.41. The number of rotatable bonds is 5. The third-order valence-electron chi connectivity index (χ3n) is 2.27. The summed E-state index contributed by atoms with van der Waals surface area (Å²) in [5.74, 6) is -0.215. The molecule has 4 N–H and O–H groups in total. The molecule has 1 atom stereocenters. The third-order valence-corrected chi connectivity index (χ3v) is 2.27. The molecule has 0 heterocycles. The Hall–Kier alpha value is -0.640. The second-order valence-corrected chi connectivity index (χ2v) is 3.41. The Balaban J connectivity index is 0.00000196. The SMILES string of the molecule is Cl.NCCCC[C@H](N)c1ccccc1F. The molecule has 86 valence electrons. The fraction of sp³-hybridized carbons (Fsp3) is 0.455. The molecule has 2 nitrogen and oxygen atoms in total. The van der Waals surface area contributed by atoms with E-state index in [0.29, 0.717) is 12.1 Å². The van der Waals surface area contributed by atoms with E-state index in [4.69, 9.17) is 11.5 Å². The van der Waals surface area contributed by atoms with Crippen molar-refractivity contribution >= 4 is 12.4 Å². The van der Waals surface area contributed by atoms with Crippen LogP contribution in [0, 0.1) is 5.82 Å². The van der Waals surface area contributed by atoms with Gasteiger partial charge in [-0.15, -0.1) is 12.4 Å². The highest BCUT2D eigenvalue weighted by Gasteiger charge is 2.09. The molecule has 15 heavy (non-hydrogen) atoms. The Kier molecular flexibility index (Phi) is 7.30. The fourth-order valence-electron chi connectivity index (χ4n) is 1.44. The molecule has 0 saturated carbocycles. The zero-order valence-corrected chi connectivity index (χ0v) is 9.47. The molecule has 0 fully saturated rings. The van der Waals surface area contributed by atoms with Crippen molar-refractivity contribution in [2.45, 2.75) is 25.3 Å². The predicted molar refractivity (Wildman–Crippen MR) is 63.5 cm³/mol. The van der Waals surface area contributed by atoms with Crippen LogP contribution in [0.15, 0.2) is 24.3 Å². The lowest BCUT2D eigenvalue weighted by Crippen LogP contribution is -2.12. The van der Waals surface area contributed by atoms with Crippen molar-refractivity contribution < 1.29 is 4.39 Å². The van der Waals surface area contributed by atoms with Crippen molar-refractivity contribution in [3.05, 3.63) is 35.6 Å². The summed E-state index contributed by atoms with van der Waals surface area (Å²) in [5.41, 5.74) is 11.8. The Labute approximate surface area is 96.3 Å². The lowest BCUT2D eigenvalue weighted by molar-refractivity contribution is 0.543. The summed E-state index contributed by atoms with van der Waals surface area (Å²) in [6.45, 7) is 0.671. The van der Waals surface area contributed by atoms with E-state index >= 15 is 0 Å². The standard InChI is InChI=1S/C11H17FN2.ClH/c12-10-6-2-1-5-9(10)11(14)7-3-4-8-13;/h1-2,5-6,11H,3-4,7-8,13-14H2;1H/t11-;/m0./s1. The van der Waals surface area contributed by atoms with E-state index in [0.717, 1.165) is 19.3 Å². The van der Waals surface area contributed by atoms with Crippen molar-refractivity contribution in [3.63, 3.8) is 0 Å². The molecule has 0 spiro atoms. The highest BCUT2D eigenvalue weighted by Crippen LogP contribution is 2.19. The molecule has 0 saturated heterocycles. The fourth-order valence-corrected chi connectivity index (χ4v) is 1.44. The molecule has 4 heteroatoms. The van der Waals surface area contributed by atoms with Crippen LogP contribution in [0.5, 0.6) is 0 Å². The average Bonchev–Trinajstić information content (AvgIpc) is 2.18. The molecule has 0 bridgehead atoms. The van der Waals surface area contributed by atoms with Crippen LogP contribution in [0.1, 0.15) is 30.9 Å². The average molecular weight is 233 g/mol. The first-order chi connectivity index (χ1) is 6.75. The van der Waals surface area contributed by atoms with Gasteiger partial charge in [0.15, 0.2) is 0 Å². The predicted octanol–water partition coefficient (Wildman–Crippen LogP) is 2.38. The molecule has 1 rings (SSSR count). The lowest BCUT2D eigenvalue weighted by Gasteiger charge is -2.12. The van der Waals surface area contributed by atoms with Crippen LogP contribution in [0.3, 0.4) is 0 Å². The topological polar surface area (TPSA) is 52.0 Å². The summed E-state index contributed by atoms with van der Waals surface area (Å²) < 4.78 is 13.2. The Morgan fingerprint density at radius 1 is 1.20 bits per heavy atom. The van der Waals surface area contributed by atoms with Gasteiger partial charge in [0.2, 0.25) is 0 Å². The Morgan fingerprint density at radius 2 is 1.87 bits per heavy atom. The first-order valence-electron chi connectivity index (χ1n) is 4.95. The van der Waals surface area contributed by atoms with Gasteiger partial charge < -0.3 is 11.5 Å². The number of benzene rings is 1. The van der Waals surface area contributed by atoms with E-state index in [2.05, 4.69) is 0 Å². The van der Waals surface area contributed by atoms with Gasteiger partial charge in [0, 0.05) is 11.6 Å². The Morgan fingerprint density at radius 3 is 2.47 bits per heavy atom. The monoisotopic (exact) mass is 232 g/mol. The summed E-state index contributed by atoms with van der Waals surface area (Å²) in [4.78, 5) is 0. The molecule has 1 aromatic rings. The van der Waals surface area contributed by atoms with Crippen LogP contribution in [0.2, 0.25) is 0 Å². The van der Waals surface area contributed by atoms with Gasteiger partial charge in [-0.2, -0.15) is 0 Å². The van der Waals surface area contributed by atoms with Gasteiger partial charge in [-0.05, 0) is 25.5 Å². The van der Waals surface area contributed by atoms with Crippen molar-refractivity contribution in [1.29, 1.82) is 0 Å². The number of hydrogen-bond donors (Lipinski definition) is 2. The zero-order valence-electron chi connectivity index (χ0n) is 8.66. The molecule has 0 aromatic heterocycles. The molecule has 0 unspecified atom stereocenters. The van der Waals surface area contributed by atoms with E-state index in [1.807, 2.05) is 0 Å². The van der Waals surface area contributed by atoms with Crippen molar-refractivity contribution in [2.24, 2.45) is 11.5 Å². The van der Waals surface area contributed by atoms with E-state index in [1.165, 1.54) is 6.07 Å². The highest BCUT2D eigenvalue weighted by molar-refractivity contribution is 5.85. The van der Waals surface area contributed by atoms with Gasteiger partial charge in [-0.3, -0.25) is 0 Å². The van der Waals surface area contributed by atoms with Gasteiger partial charge in [-0.25, -0.2) is 4.39 Å². The highest BCUT2D eigenvalue weighted by atomic mass is 35.5. The van der Waals surface area contributed by atoms with Gasteiger partial charge in [-0.1, -0.05) is 24.6 Å². The molecule has 0 amide bonds.